The molecule has 5 aromatic carbocycles. The molecule has 0 atom stereocenters. The zero-order chi connectivity index (χ0) is 31.4. The van der Waals surface area contributed by atoms with E-state index in [1.807, 2.05) is 60.8 Å². The van der Waals surface area contributed by atoms with Crippen LogP contribution in [0.15, 0.2) is 108 Å². The van der Waals surface area contributed by atoms with Crippen LogP contribution in [0.4, 0.5) is 0 Å². The molecule has 0 amide bonds. The predicted octanol–water partition coefficient (Wildman–Crippen LogP) is 7.61. The van der Waals surface area contributed by atoms with E-state index in [1.54, 1.807) is 0 Å². The van der Waals surface area contributed by atoms with Gasteiger partial charge in [0.1, 0.15) is 28.8 Å². The van der Waals surface area contributed by atoms with Gasteiger partial charge in [-0.2, -0.15) is 6.07 Å². The number of hydrogen-bond acceptors (Lipinski definition) is 5. The van der Waals surface area contributed by atoms with Gasteiger partial charge in [0.2, 0.25) is 6.71 Å². The Kier molecular flexibility index (Phi) is 6.31. The van der Waals surface area contributed by atoms with Crippen molar-refractivity contribution in [3.8, 4) is 40.3 Å². The zero-order valence-electron chi connectivity index (χ0n) is 26.3. The molecule has 0 radical (unpaired) electrons. The van der Waals surface area contributed by atoms with Crippen molar-refractivity contribution < 1.29 is 35.0 Å². The minimum atomic E-state index is -0.245. The Bertz CT molecular complexity index is 2550. The monoisotopic (exact) mass is 802 g/mol. The Hall–Kier alpha value is -5.13. The topological polar surface area (TPSA) is 62.3 Å². The first-order chi connectivity index (χ1) is 22.9. The molecule has 48 heavy (non-hydrogen) atoms. The molecule has 8 aromatic rings. The quantitative estimate of drug-likeness (QED) is 0.133. The first-order valence-corrected chi connectivity index (χ1v) is 15.8. The number of pyridine rings is 1. The second kappa shape index (κ2) is 10.4. The summed E-state index contributed by atoms with van der Waals surface area (Å²) in [5.74, 6) is 4.44. The van der Waals surface area contributed by atoms with Crippen LogP contribution in [-0.2, 0) is 26.5 Å². The summed E-state index contributed by atoms with van der Waals surface area (Å²) in [7, 11) is 0. The number of para-hydroxylation sites is 3. The third kappa shape index (κ3) is 4.23. The van der Waals surface area contributed by atoms with Gasteiger partial charge in [-0.25, -0.2) is 4.98 Å². The SMILES string of the molecule is CC(C)(C)c1cc2c3c(c1)Oc1cc4c5ccccc5n(-c5ccccn5)c4[c-]c1B3c1[c-]c(-c3nc4ccccc4o3)ccc1O2.[Pt+2]. The van der Waals surface area contributed by atoms with Crippen LogP contribution in [0.3, 0.4) is 0 Å². The summed E-state index contributed by atoms with van der Waals surface area (Å²) in [6.07, 6.45) is 1.82. The van der Waals surface area contributed by atoms with Gasteiger partial charge >= 0.3 is 21.1 Å². The van der Waals surface area contributed by atoms with Crippen LogP contribution in [0, 0.1) is 12.1 Å². The number of nitrogens with zero attached hydrogens (tertiary/aromatic N) is 3. The van der Waals surface area contributed by atoms with Crippen molar-refractivity contribution in [1.82, 2.24) is 14.5 Å². The first-order valence-electron chi connectivity index (χ1n) is 15.8. The minimum absolute atomic E-state index is 0. The van der Waals surface area contributed by atoms with Crippen LogP contribution in [0.5, 0.6) is 23.0 Å². The Labute approximate surface area is 291 Å². The maximum absolute atomic E-state index is 6.82. The van der Waals surface area contributed by atoms with Crippen molar-refractivity contribution in [2.24, 2.45) is 0 Å². The largest absolute Gasteiger partial charge is 2.00 e. The van der Waals surface area contributed by atoms with Gasteiger partial charge in [0.05, 0.1) is 5.52 Å². The van der Waals surface area contributed by atoms with Gasteiger partial charge in [0, 0.05) is 28.7 Å². The van der Waals surface area contributed by atoms with Crippen molar-refractivity contribution in [3.63, 3.8) is 0 Å². The van der Waals surface area contributed by atoms with Crippen molar-refractivity contribution in [2.75, 3.05) is 0 Å². The average Bonchev–Trinajstić information content (AvgIpc) is 3.66. The van der Waals surface area contributed by atoms with Gasteiger partial charge in [0.25, 0.3) is 0 Å². The summed E-state index contributed by atoms with van der Waals surface area (Å²) >= 11 is 0. The Morgan fingerprint density at radius 3 is 2.27 bits per heavy atom. The molecule has 0 saturated carbocycles. The van der Waals surface area contributed by atoms with Gasteiger partial charge < -0.3 is 18.5 Å². The second-order valence-electron chi connectivity index (χ2n) is 13.3. The predicted molar refractivity (Wildman–Crippen MR) is 186 cm³/mol. The van der Waals surface area contributed by atoms with E-state index in [2.05, 4.69) is 79.9 Å². The standard InChI is InChI=1S/C40H26BN3O3.Pt/c1-40(2,3)24-19-35-38-36(20-24)46-34-21-26-25-10-4-6-12-30(25)44(37-14-8-9-17-42-37)31(26)22-28(34)41(38)27-18-23(15-16-32(27)45-35)39-43-29-11-5-7-13-33(29)47-39;/h4-17,19-21H,1-3H3;/q-2;+2. The smallest absolute Gasteiger partial charge is 0.518 e. The molecule has 232 valence electrons. The molecule has 5 heterocycles. The van der Waals surface area contributed by atoms with Gasteiger partial charge in [-0.05, 0) is 58.8 Å². The van der Waals surface area contributed by atoms with Gasteiger partial charge in [0.15, 0.2) is 0 Å². The molecule has 0 saturated heterocycles. The van der Waals surface area contributed by atoms with Crippen LogP contribution in [0.1, 0.15) is 26.3 Å². The van der Waals surface area contributed by atoms with Crippen LogP contribution >= 0.6 is 0 Å². The first kappa shape index (κ1) is 29.0. The molecule has 6 nitrogen and oxygen atoms in total. The molecule has 2 aliphatic heterocycles. The molecule has 10 rings (SSSR count). The minimum Gasteiger partial charge on any atom is -0.518 e. The van der Waals surface area contributed by atoms with Crippen molar-refractivity contribution >= 4 is 56.0 Å². The van der Waals surface area contributed by atoms with E-state index in [0.29, 0.717) is 5.89 Å². The third-order valence-corrected chi connectivity index (χ3v) is 9.32. The maximum atomic E-state index is 6.82. The Balaban J connectivity index is 0.00000314. The van der Waals surface area contributed by atoms with E-state index < -0.39 is 0 Å². The van der Waals surface area contributed by atoms with Crippen LogP contribution < -0.4 is 25.9 Å². The summed E-state index contributed by atoms with van der Waals surface area (Å²) in [5, 5.41) is 2.17. The summed E-state index contributed by atoms with van der Waals surface area (Å²) in [4.78, 5) is 9.50. The number of hydrogen-bond donors (Lipinski definition) is 0. The molecular weight excluding hydrogens is 776 g/mol. The molecule has 3 aromatic heterocycles. The molecule has 0 fully saturated rings. The fourth-order valence-electron chi connectivity index (χ4n) is 7.03. The fraction of sp³-hybridized carbons (Fsp3) is 0.100. The van der Waals surface area contributed by atoms with E-state index in [9.17, 15) is 0 Å². The number of oxazole rings is 1. The number of aromatic nitrogens is 3. The van der Waals surface area contributed by atoms with Crippen molar-refractivity contribution in [3.05, 3.63) is 121 Å². The Morgan fingerprint density at radius 1 is 0.729 bits per heavy atom. The van der Waals surface area contributed by atoms with Gasteiger partial charge in [-0.15, -0.1) is 35.2 Å². The molecule has 8 heteroatoms. The molecule has 0 spiro atoms. The Morgan fingerprint density at radius 2 is 1.48 bits per heavy atom. The number of benzene rings is 5. The van der Waals surface area contributed by atoms with Gasteiger partial charge in [-0.1, -0.05) is 73.6 Å². The number of rotatable bonds is 2. The average molecular weight is 803 g/mol. The molecule has 2 aliphatic rings. The van der Waals surface area contributed by atoms with Crippen LogP contribution in [0.2, 0.25) is 0 Å². The summed E-state index contributed by atoms with van der Waals surface area (Å²) in [6, 6.07) is 40.2. The van der Waals surface area contributed by atoms with E-state index >= 15 is 0 Å². The fourth-order valence-corrected chi connectivity index (χ4v) is 7.03. The number of fused-ring (bicyclic) bond motifs is 8. The van der Waals surface area contributed by atoms with Crippen molar-refractivity contribution in [2.45, 2.75) is 26.2 Å². The normalized spacial score (nSPS) is 13.0. The zero-order valence-corrected chi connectivity index (χ0v) is 28.5. The van der Waals surface area contributed by atoms with Gasteiger partial charge in [-0.3, -0.25) is 4.98 Å². The van der Waals surface area contributed by atoms with E-state index in [-0.39, 0.29) is 33.2 Å². The summed E-state index contributed by atoms with van der Waals surface area (Å²) in [5.41, 5.74) is 8.12. The molecule has 0 unspecified atom stereocenters. The molecule has 0 N–H and O–H groups in total. The van der Waals surface area contributed by atoms with E-state index in [0.717, 1.165) is 89.2 Å². The van der Waals surface area contributed by atoms with E-state index in [4.69, 9.17) is 23.9 Å². The molecule has 0 aliphatic carbocycles. The van der Waals surface area contributed by atoms with Crippen molar-refractivity contribution in [1.29, 1.82) is 0 Å². The number of ether oxygens (including phenoxy) is 2. The maximum Gasteiger partial charge on any atom is 2.00 e. The van der Waals surface area contributed by atoms with Crippen LogP contribution in [0.25, 0.3) is 50.2 Å². The molecule has 0 bridgehead atoms. The molecular formula is C40H26BN3O3Pt. The third-order valence-electron chi connectivity index (χ3n) is 9.32. The second-order valence-corrected chi connectivity index (χ2v) is 13.3. The summed E-state index contributed by atoms with van der Waals surface area (Å²) in [6.45, 7) is 6.37. The summed E-state index contributed by atoms with van der Waals surface area (Å²) < 4.78 is 21.8. The van der Waals surface area contributed by atoms with Crippen LogP contribution in [-0.4, -0.2) is 21.2 Å². The van der Waals surface area contributed by atoms with E-state index in [1.165, 1.54) is 0 Å².